The van der Waals surface area contributed by atoms with Crippen molar-refractivity contribution in [1.82, 2.24) is 10.2 Å². The highest BCUT2D eigenvalue weighted by atomic mass is 16.5. The van der Waals surface area contributed by atoms with Crippen LogP contribution in [0.25, 0.3) is 0 Å². The SMILES string of the molecule is CCCCC(NC(=O)OCc1ccccc1)C(=O)N1CC(c2ccc(OC)c(OC3CCCC3)c2)[C@](C)([C@@H](C)O)C1. The zero-order valence-electron chi connectivity index (χ0n) is 24.9. The van der Waals surface area contributed by atoms with Crippen LogP contribution in [-0.2, 0) is 16.1 Å². The average molecular weight is 567 g/mol. The van der Waals surface area contributed by atoms with Gasteiger partial charge in [-0.2, -0.15) is 0 Å². The van der Waals surface area contributed by atoms with Gasteiger partial charge in [0, 0.05) is 24.4 Å². The van der Waals surface area contributed by atoms with Gasteiger partial charge in [-0.25, -0.2) is 4.79 Å². The van der Waals surface area contributed by atoms with Gasteiger partial charge in [0.2, 0.25) is 5.91 Å². The summed E-state index contributed by atoms with van der Waals surface area (Å²) in [4.78, 5) is 28.4. The molecule has 2 N–H and O–H groups in total. The molecular weight excluding hydrogens is 520 g/mol. The van der Waals surface area contributed by atoms with Gasteiger partial charge >= 0.3 is 6.09 Å². The Kier molecular flexibility index (Phi) is 10.5. The van der Waals surface area contributed by atoms with E-state index in [0.29, 0.717) is 31.0 Å². The van der Waals surface area contributed by atoms with E-state index in [0.717, 1.165) is 36.8 Å². The van der Waals surface area contributed by atoms with Crippen molar-refractivity contribution in [3.05, 3.63) is 59.7 Å². The van der Waals surface area contributed by atoms with Gasteiger partial charge in [0.1, 0.15) is 12.6 Å². The van der Waals surface area contributed by atoms with Gasteiger partial charge in [0.05, 0.1) is 19.3 Å². The highest BCUT2D eigenvalue weighted by Gasteiger charge is 2.49. The van der Waals surface area contributed by atoms with E-state index in [1.165, 1.54) is 12.8 Å². The molecule has 2 aromatic rings. The van der Waals surface area contributed by atoms with Gasteiger partial charge in [-0.15, -0.1) is 0 Å². The number of amides is 2. The first-order valence-corrected chi connectivity index (χ1v) is 15.0. The van der Waals surface area contributed by atoms with Crippen molar-refractivity contribution in [2.45, 2.75) is 96.5 Å². The van der Waals surface area contributed by atoms with E-state index in [4.69, 9.17) is 14.2 Å². The topological polar surface area (TPSA) is 97.3 Å². The van der Waals surface area contributed by atoms with Crippen LogP contribution in [0.2, 0.25) is 0 Å². The molecule has 8 heteroatoms. The molecule has 0 bridgehead atoms. The summed E-state index contributed by atoms with van der Waals surface area (Å²) in [6, 6.07) is 14.7. The van der Waals surface area contributed by atoms with E-state index in [1.54, 1.807) is 18.9 Å². The number of unbranched alkanes of at least 4 members (excludes halogenated alkanes) is 1. The molecular formula is C33H46N2O6. The van der Waals surface area contributed by atoms with Gasteiger partial charge in [0.25, 0.3) is 0 Å². The summed E-state index contributed by atoms with van der Waals surface area (Å²) in [6.07, 6.45) is 5.51. The van der Waals surface area contributed by atoms with E-state index in [1.807, 2.05) is 55.5 Å². The van der Waals surface area contributed by atoms with Crippen LogP contribution >= 0.6 is 0 Å². The standard InChI is InChI=1S/C33H46N2O6/c1-5-6-16-28(34-32(38)40-21-24-12-8-7-9-13-24)31(37)35-20-27(33(3,22-35)23(2)36)25-17-18-29(39-4)30(19-25)41-26-14-10-11-15-26/h7-9,12-13,17-19,23,26-28,36H,5-6,10-11,14-16,20-22H2,1-4H3,(H,34,38)/t23-,27?,28?,33+/m1/s1. The molecule has 0 aromatic heterocycles. The lowest BCUT2D eigenvalue weighted by Crippen LogP contribution is -2.49. The zero-order chi connectivity index (χ0) is 29.4. The lowest BCUT2D eigenvalue weighted by Gasteiger charge is -2.34. The summed E-state index contributed by atoms with van der Waals surface area (Å²) in [7, 11) is 1.64. The number of aliphatic hydroxyl groups is 1. The van der Waals surface area contributed by atoms with Gasteiger partial charge in [-0.05, 0) is 62.3 Å². The molecule has 4 atom stereocenters. The second-order valence-corrected chi connectivity index (χ2v) is 11.8. The fourth-order valence-electron chi connectivity index (χ4n) is 6.07. The quantitative estimate of drug-likeness (QED) is 0.336. The van der Waals surface area contributed by atoms with Crippen molar-refractivity contribution >= 4 is 12.0 Å². The van der Waals surface area contributed by atoms with Crippen molar-refractivity contribution in [2.75, 3.05) is 20.2 Å². The monoisotopic (exact) mass is 566 g/mol. The van der Waals surface area contributed by atoms with Crippen LogP contribution in [0, 0.1) is 5.41 Å². The predicted molar refractivity (Wildman–Crippen MR) is 158 cm³/mol. The number of likely N-dealkylation sites (tertiary alicyclic amines) is 1. The third-order valence-corrected chi connectivity index (χ3v) is 8.83. The zero-order valence-corrected chi connectivity index (χ0v) is 24.9. The molecule has 1 aliphatic carbocycles. The number of hydrogen-bond acceptors (Lipinski definition) is 6. The number of ether oxygens (including phenoxy) is 3. The van der Waals surface area contributed by atoms with Crippen LogP contribution in [0.4, 0.5) is 4.79 Å². The smallest absolute Gasteiger partial charge is 0.408 e. The summed E-state index contributed by atoms with van der Waals surface area (Å²) in [6.45, 7) is 6.81. The molecule has 224 valence electrons. The van der Waals surface area contributed by atoms with Crippen LogP contribution in [-0.4, -0.2) is 60.5 Å². The maximum Gasteiger partial charge on any atom is 0.408 e. The minimum absolute atomic E-state index is 0.125. The van der Waals surface area contributed by atoms with E-state index >= 15 is 0 Å². The van der Waals surface area contributed by atoms with Crippen molar-refractivity contribution in [1.29, 1.82) is 0 Å². The molecule has 4 rings (SSSR count). The molecule has 2 unspecified atom stereocenters. The number of carbonyl (C=O) groups excluding carboxylic acids is 2. The number of nitrogens with zero attached hydrogens (tertiary/aromatic N) is 1. The fraction of sp³-hybridized carbons (Fsp3) is 0.576. The van der Waals surface area contributed by atoms with Crippen LogP contribution in [0.5, 0.6) is 11.5 Å². The van der Waals surface area contributed by atoms with Crippen molar-refractivity contribution < 1.29 is 28.9 Å². The van der Waals surface area contributed by atoms with Crippen LogP contribution in [0.15, 0.2) is 48.5 Å². The fourth-order valence-corrected chi connectivity index (χ4v) is 6.07. The molecule has 41 heavy (non-hydrogen) atoms. The Labute approximate surface area is 244 Å². The highest BCUT2D eigenvalue weighted by molar-refractivity contribution is 5.86. The van der Waals surface area contributed by atoms with Crippen molar-refractivity contribution in [3.63, 3.8) is 0 Å². The number of benzene rings is 2. The lowest BCUT2D eigenvalue weighted by molar-refractivity contribution is -0.133. The molecule has 2 fully saturated rings. The normalized spacial score (nSPS) is 22.3. The number of nitrogens with one attached hydrogen (secondary N) is 1. The molecule has 2 amide bonds. The second-order valence-electron chi connectivity index (χ2n) is 11.8. The first kappa shape index (κ1) is 30.7. The Hall–Kier alpha value is -3.26. The van der Waals surface area contributed by atoms with Gasteiger partial charge in [-0.3, -0.25) is 4.79 Å². The summed E-state index contributed by atoms with van der Waals surface area (Å²) in [5.41, 5.74) is 1.29. The van der Waals surface area contributed by atoms with E-state index < -0.39 is 23.7 Å². The number of hydrogen-bond donors (Lipinski definition) is 2. The second kappa shape index (κ2) is 14.1. The molecule has 1 heterocycles. The van der Waals surface area contributed by atoms with Gasteiger partial charge in [0.15, 0.2) is 11.5 Å². The lowest BCUT2D eigenvalue weighted by atomic mass is 9.72. The molecule has 2 aromatic carbocycles. The largest absolute Gasteiger partial charge is 0.493 e. The molecule has 1 saturated heterocycles. The minimum atomic E-state index is -0.702. The molecule has 1 saturated carbocycles. The molecule has 1 aliphatic heterocycles. The Morgan fingerprint density at radius 1 is 1.12 bits per heavy atom. The molecule has 0 spiro atoms. The first-order valence-electron chi connectivity index (χ1n) is 15.0. The van der Waals surface area contributed by atoms with Crippen LogP contribution in [0.1, 0.15) is 82.8 Å². The maximum absolute atomic E-state index is 13.9. The van der Waals surface area contributed by atoms with Crippen molar-refractivity contribution in [3.8, 4) is 11.5 Å². The Bertz CT molecular complexity index is 1150. The minimum Gasteiger partial charge on any atom is -0.493 e. The maximum atomic E-state index is 13.9. The third-order valence-electron chi connectivity index (χ3n) is 8.83. The highest BCUT2D eigenvalue weighted by Crippen LogP contribution is 2.47. The Morgan fingerprint density at radius 3 is 2.51 bits per heavy atom. The van der Waals surface area contributed by atoms with Crippen LogP contribution < -0.4 is 14.8 Å². The third kappa shape index (κ3) is 7.53. The number of aliphatic hydroxyl groups excluding tert-OH is 1. The van der Waals surface area contributed by atoms with E-state index in [-0.39, 0.29) is 24.5 Å². The molecule has 8 nitrogen and oxygen atoms in total. The van der Waals surface area contributed by atoms with Gasteiger partial charge in [-0.1, -0.05) is 63.1 Å². The summed E-state index contributed by atoms with van der Waals surface area (Å²) < 4.78 is 17.4. The first-order chi connectivity index (χ1) is 19.7. The number of alkyl carbamates (subject to hydrolysis) is 1. The Morgan fingerprint density at radius 2 is 1.85 bits per heavy atom. The number of carbonyl (C=O) groups is 2. The number of methoxy groups -OCH3 is 1. The summed E-state index contributed by atoms with van der Waals surface area (Å²) >= 11 is 0. The van der Waals surface area contributed by atoms with E-state index in [2.05, 4.69) is 12.2 Å². The number of rotatable bonds is 12. The summed E-state index contributed by atoms with van der Waals surface area (Å²) in [5.74, 6) is 1.11. The predicted octanol–water partition coefficient (Wildman–Crippen LogP) is 5.81. The summed E-state index contributed by atoms with van der Waals surface area (Å²) in [5, 5.41) is 13.8. The molecule has 0 radical (unpaired) electrons. The van der Waals surface area contributed by atoms with E-state index in [9.17, 15) is 14.7 Å². The van der Waals surface area contributed by atoms with Gasteiger partial charge < -0.3 is 29.5 Å². The average Bonchev–Trinajstić information content (AvgIpc) is 3.62. The Balaban J connectivity index is 1.51. The van der Waals surface area contributed by atoms with Crippen LogP contribution in [0.3, 0.4) is 0 Å². The molecule has 2 aliphatic rings. The van der Waals surface area contributed by atoms with Crippen molar-refractivity contribution in [2.24, 2.45) is 5.41 Å².